The molecule has 1 aromatic heterocycles. The minimum Gasteiger partial charge on any atom is -0.381 e. The number of aromatic nitrogens is 1. The van der Waals surface area contributed by atoms with E-state index in [-0.39, 0.29) is 0 Å². The van der Waals surface area contributed by atoms with Crippen molar-refractivity contribution in [3.8, 4) is 0 Å². The summed E-state index contributed by atoms with van der Waals surface area (Å²) in [6.45, 7) is 4.29. The second kappa shape index (κ2) is 5.68. The quantitative estimate of drug-likeness (QED) is 0.712. The maximum Gasteiger partial charge on any atom is 0.170 e. The lowest BCUT2D eigenvalue weighted by atomic mass is 10.1. The van der Waals surface area contributed by atoms with Gasteiger partial charge in [0.15, 0.2) is 5.82 Å². The van der Waals surface area contributed by atoms with Gasteiger partial charge in [-0.3, -0.25) is 0 Å². The fourth-order valence-corrected chi connectivity index (χ4v) is 1.64. The van der Waals surface area contributed by atoms with Gasteiger partial charge in [0.25, 0.3) is 0 Å². The topological polar surface area (TPSA) is 52.0 Å². The zero-order valence-electron chi connectivity index (χ0n) is 9.18. The van der Waals surface area contributed by atoms with Crippen molar-refractivity contribution < 1.29 is 4.52 Å². The van der Waals surface area contributed by atoms with Crippen LogP contribution in [0, 0.1) is 0 Å². The third-order valence-corrected chi connectivity index (χ3v) is 2.51. The molecule has 80 valence electrons. The van der Waals surface area contributed by atoms with E-state index >= 15 is 0 Å². The van der Waals surface area contributed by atoms with Crippen molar-refractivity contribution in [3.63, 3.8) is 0 Å². The Balaban J connectivity index is 2.42. The highest BCUT2D eigenvalue weighted by atomic mass is 16.5. The van der Waals surface area contributed by atoms with Crippen LogP contribution in [0.1, 0.15) is 50.9 Å². The Bertz CT molecular complexity index is 268. The first kappa shape index (κ1) is 11.1. The molecule has 1 aromatic rings. The summed E-state index contributed by atoms with van der Waals surface area (Å²) >= 11 is 0. The van der Waals surface area contributed by atoms with Gasteiger partial charge in [0.1, 0.15) is 5.76 Å². The molecule has 0 spiro atoms. The van der Waals surface area contributed by atoms with Gasteiger partial charge in [-0.1, -0.05) is 38.3 Å². The van der Waals surface area contributed by atoms with E-state index in [2.05, 4.69) is 19.0 Å². The first-order chi connectivity index (χ1) is 6.79. The van der Waals surface area contributed by atoms with E-state index in [1.165, 1.54) is 25.7 Å². The number of nitrogens with zero attached hydrogens (tertiary/aromatic N) is 1. The van der Waals surface area contributed by atoms with Crippen molar-refractivity contribution in [1.82, 2.24) is 5.16 Å². The highest BCUT2D eigenvalue weighted by Crippen LogP contribution is 2.19. The normalized spacial score (nSPS) is 10.7. The van der Waals surface area contributed by atoms with E-state index < -0.39 is 0 Å². The molecule has 0 aliphatic heterocycles. The van der Waals surface area contributed by atoms with Crippen LogP contribution < -0.4 is 5.73 Å². The first-order valence-corrected chi connectivity index (χ1v) is 5.52. The fraction of sp³-hybridized carbons (Fsp3) is 0.727. The Labute approximate surface area is 85.7 Å². The highest BCUT2D eigenvalue weighted by molar-refractivity contribution is 5.40. The molecule has 1 heterocycles. The summed E-state index contributed by atoms with van der Waals surface area (Å²) < 4.78 is 5.19. The van der Waals surface area contributed by atoms with Gasteiger partial charge in [-0.25, -0.2) is 0 Å². The highest BCUT2D eigenvalue weighted by Gasteiger charge is 2.10. The van der Waals surface area contributed by atoms with Crippen LogP contribution >= 0.6 is 0 Å². The molecule has 0 atom stereocenters. The summed E-state index contributed by atoms with van der Waals surface area (Å²) in [6.07, 6.45) is 6.89. The van der Waals surface area contributed by atoms with Gasteiger partial charge in [-0.05, 0) is 12.8 Å². The fourth-order valence-electron chi connectivity index (χ4n) is 1.64. The molecule has 0 saturated carbocycles. The predicted octanol–water partition coefficient (Wildman–Crippen LogP) is 2.94. The molecule has 0 radical (unpaired) electrons. The number of hydrogen-bond donors (Lipinski definition) is 1. The lowest BCUT2D eigenvalue weighted by Crippen LogP contribution is -1.93. The molecule has 0 saturated heterocycles. The molecule has 0 bridgehead atoms. The van der Waals surface area contributed by atoms with Crippen molar-refractivity contribution in [2.75, 3.05) is 5.73 Å². The maximum atomic E-state index is 5.68. The van der Waals surface area contributed by atoms with Gasteiger partial charge in [0.05, 0.1) is 0 Å². The van der Waals surface area contributed by atoms with Gasteiger partial charge < -0.3 is 10.3 Å². The molecule has 2 N–H and O–H groups in total. The van der Waals surface area contributed by atoms with Crippen molar-refractivity contribution in [2.45, 2.75) is 52.4 Å². The number of nitrogen functional groups attached to an aromatic ring is 1. The summed E-state index contributed by atoms with van der Waals surface area (Å²) in [7, 11) is 0. The van der Waals surface area contributed by atoms with Crippen molar-refractivity contribution >= 4 is 5.82 Å². The molecule has 14 heavy (non-hydrogen) atoms. The lowest BCUT2D eigenvalue weighted by Gasteiger charge is -1.98. The number of hydrogen-bond acceptors (Lipinski definition) is 3. The number of anilines is 1. The minimum absolute atomic E-state index is 0.568. The van der Waals surface area contributed by atoms with Gasteiger partial charge in [0.2, 0.25) is 0 Å². The average molecular weight is 196 g/mol. The van der Waals surface area contributed by atoms with Crippen LogP contribution in [0.2, 0.25) is 0 Å². The molecule has 3 heteroatoms. The average Bonchev–Trinajstić information content (AvgIpc) is 2.54. The Morgan fingerprint density at radius 1 is 1.21 bits per heavy atom. The molecule has 0 amide bonds. The largest absolute Gasteiger partial charge is 0.381 e. The SMILES string of the molecule is CCCCCCc1onc(N)c1CC. The van der Waals surface area contributed by atoms with Gasteiger partial charge in [0, 0.05) is 12.0 Å². The number of nitrogens with two attached hydrogens (primary N) is 1. The maximum absolute atomic E-state index is 5.68. The Kier molecular flexibility index (Phi) is 4.50. The molecule has 0 fully saturated rings. The van der Waals surface area contributed by atoms with E-state index in [1.54, 1.807) is 0 Å². The molecule has 1 rings (SSSR count). The minimum atomic E-state index is 0.568. The Hall–Kier alpha value is -0.990. The zero-order chi connectivity index (χ0) is 10.4. The van der Waals surface area contributed by atoms with Gasteiger partial charge in [-0.2, -0.15) is 0 Å². The van der Waals surface area contributed by atoms with Crippen molar-refractivity contribution in [1.29, 1.82) is 0 Å². The number of unbranched alkanes of at least 4 members (excludes halogenated alkanes) is 3. The Morgan fingerprint density at radius 2 is 2.00 bits per heavy atom. The van der Waals surface area contributed by atoms with Crippen LogP contribution in [-0.4, -0.2) is 5.16 Å². The second-order valence-corrected chi connectivity index (χ2v) is 3.63. The van der Waals surface area contributed by atoms with E-state index in [9.17, 15) is 0 Å². The smallest absolute Gasteiger partial charge is 0.170 e. The molecule has 0 unspecified atom stereocenters. The van der Waals surface area contributed by atoms with Crippen LogP contribution in [0.25, 0.3) is 0 Å². The van der Waals surface area contributed by atoms with Crippen LogP contribution in [0.4, 0.5) is 5.82 Å². The van der Waals surface area contributed by atoms with Crippen LogP contribution in [0.5, 0.6) is 0 Å². The summed E-state index contributed by atoms with van der Waals surface area (Å²) in [5.41, 5.74) is 6.78. The molecular weight excluding hydrogens is 176 g/mol. The molecule has 0 aromatic carbocycles. The van der Waals surface area contributed by atoms with E-state index in [4.69, 9.17) is 10.3 Å². The summed E-state index contributed by atoms with van der Waals surface area (Å²) in [4.78, 5) is 0. The molecule has 3 nitrogen and oxygen atoms in total. The van der Waals surface area contributed by atoms with Gasteiger partial charge >= 0.3 is 0 Å². The van der Waals surface area contributed by atoms with Gasteiger partial charge in [-0.15, -0.1) is 0 Å². The standard InChI is InChI=1S/C11H20N2O/c1-3-5-6-7-8-10-9(4-2)11(12)13-14-10/h3-8H2,1-2H3,(H2,12,13). The number of rotatable bonds is 6. The van der Waals surface area contributed by atoms with E-state index in [1.807, 2.05) is 0 Å². The molecule has 0 aliphatic carbocycles. The lowest BCUT2D eigenvalue weighted by molar-refractivity contribution is 0.379. The Morgan fingerprint density at radius 3 is 2.64 bits per heavy atom. The summed E-state index contributed by atoms with van der Waals surface area (Å²) in [5.74, 6) is 1.55. The molecular formula is C11H20N2O. The molecule has 0 aliphatic rings. The first-order valence-electron chi connectivity index (χ1n) is 5.52. The third kappa shape index (κ3) is 2.76. The van der Waals surface area contributed by atoms with Crippen LogP contribution in [-0.2, 0) is 12.8 Å². The number of aryl methyl sites for hydroxylation is 1. The zero-order valence-corrected chi connectivity index (χ0v) is 9.18. The predicted molar refractivity (Wildman–Crippen MR) is 58.1 cm³/mol. The van der Waals surface area contributed by atoms with E-state index in [0.717, 1.165) is 24.2 Å². The van der Waals surface area contributed by atoms with Crippen LogP contribution in [0.15, 0.2) is 4.52 Å². The van der Waals surface area contributed by atoms with E-state index in [0.29, 0.717) is 5.82 Å². The van der Waals surface area contributed by atoms with Crippen molar-refractivity contribution in [3.05, 3.63) is 11.3 Å². The van der Waals surface area contributed by atoms with Crippen molar-refractivity contribution in [2.24, 2.45) is 0 Å². The summed E-state index contributed by atoms with van der Waals surface area (Å²) in [5, 5.41) is 3.79. The third-order valence-electron chi connectivity index (χ3n) is 2.51. The second-order valence-electron chi connectivity index (χ2n) is 3.63. The monoisotopic (exact) mass is 196 g/mol. The van der Waals surface area contributed by atoms with Crippen LogP contribution in [0.3, 0.4) is 0 Å². The summed E-state index contributed by atoms with van der Waals surface area (Å²) in [6, 6.07) is 0.